The van der Waals surface area contributed by atoms with Crippen LogP contribution < -0.4 is 9.64 Å². The molecule has 0 N–H and O–H groups in total. The van der Waals surface area contributed by atoms with Crippen molar-refractivity contribution in [3.8, 4) is 16.9 Å². The lowest BCUT2D eigenvalue weighted by Crippen LogP contribution is -2.31. The first-order valence-corrected chi connectivity index (χ1v) is 9.10. The number of nitrogens with zero attached hydrogens (tertiary/aromatic N) is 1. The van der Waals surface area contributed by atoms with Gasteiger partial charge in [0.1, 0.15) is 5.75 Å². The van der Waals surface area contributed by atoms with Gasteiger partial charge in [0.25, 0.3) is 0 Å². The largest absolute Gasteiger partial charge is 0.427 e. The maximum atomic E-state index is 11.4. The van der Waals surface area contributed by atoms with Crippen LogP contribution in [0.1, 0.15) is 13.3 Å². The van der Waals surface area contributed by atoms with Gasteiger partial charge in [-0.3, -0.25) is 4.79 Å². The molecule has 136 valence electrons. The van der Waals surface area contributed by atoms with Crippen LogP contribution in [-0.4, -0.2) is 44.5 Å². The highest BCUT2D eigenvalue weighted by atomic mass is 16.6. The third kappa shape index (κ3) is 4.42. The number of rotatable bonds is 8. The van der Waals surface area contributed by atoms with Crippen molar-refractivity contribution in [2.75, 3.05) is 31.2 Å². The lowest BCUT2D eigenvalue weighted by molar-refractivity contribution is -0.134. The van der Waals surface area contributed by atoms with Gasteiger partial charge in [0.15, 0.2) is 0 Å². The van der Waals surface area contributed by atoms with Crippen molar-refractivity contribution < 1.29 is 19.0 Å². The quantitative estimate of drug-likeness (QED) is 0.414. The van der Waals surface area contributed by atoms with E-state index >= 15 is 0 Å². The molecule has 26 heavy (non-hydrogen) atoms. The lowest BCUT2D eigenvalue weighted by atomic mass is 10.0. The van der Waals surface area contributed by atoms with E-state index in [1.54, 1.807) is 6.92 Å². The van der Waals surface area contributed by atoms with Crippen molar-refractivity contribution in [2.45, 2.75) is 25.6 Å². The van der Waals surface area contributed by atoms with Crippen LogP contribution in [0.4, 0.5) is 5.69 Å². The Morgan fingerprint density at radius 3 is 1.92 bits per heavy atom. The normalized spacial score (nSPS) is 20.5. The van der Waals surface area contributed by atoms with Crippen LogP contribution in [0.3, 0.4) is 0 Å². The minimum atomic E-state index is -0.221. The number of esters is 1. The summed E-state index contributed by atoms with van der Waals surface area (Å²) in [6, 6.07) is 16.1. The van der Waals surface area contributed by atoms with Crippen LogP contribution in [0.2, 0.25) is 0 Å². The average molecular weight is 353 g/mol. The van der Waals surface area contributed by atoms with Crippen LogP contribution >= 0.6 is 0 Å². The minimum absolute atomic E-state index is 0.221. The second-order valence-corrected chi connectivity index (χ2v) is 6.71. The molecular formula is C21H23NO4. The predicted molar refractivity (Wildman–Crippen MR) is 99.5 cm³/mol. The Bertz CT molecular complexity index is 735. The molecule has 2 aliphatic heterocycles. The fraction of sp³-hybridized carbons (Fsp3) is 0.381. The molecule has 2 aromatic rings. The summed E-state index contributed by atoms with van der Waals surface area (Å²) in [7, 11) is 0. The van der Waals surface area contributed by atoms with Gasteiger partial charge in [-0.25, -0.2) is 0 Å². The van der Waals surface area contributed by atoms with Gasteiger partial charge in [-0.05, 0) is 35.4 Å². The molecule has 0 aliphatic carbocycles. The smallest absolute Gasteiger partial charge is 0.310 e. The van der Waals surface area contributed by atoms with E-state index in [0.717, 1.165) is 37.4 Å². The van der Waals surface area contributed by atoms with Crippen molar-refractivity contribution in [1.82, 2.24) is 0 Å². The molecule has 2 saturated heterocycles. The van der Waals surface area contributed by atoms with Crippen LogP contribution in [0.5, 0.6) is 5.75 Å². The topological polar surface area (TPSA) is 54.6 Å². The highest BCUT2D eigenvalue weighted by Gasteiger charge is 2.30. The maximum Gasteiger partial charge on any atom is 0.310 e. The summed E-state index contributed by atoms with van der Waals surface area (Å²) in [4.78, 5) is 13.7. The second-order valence-electron chi connectivity index (χ2n) is 6.71. The van der Waals surface area contributed by atoms with Gasteiger partial charge in [0, 0.05) is 25.2 Å². The number of carbonyl (C=O) groups excluding carboxylic acids is 1. The molecule has 0 bridgehead atoms. The molecule has 0 spiro atoms. The molecule has 5 heteroatoms. The van der Waals surface area contributed by atoms with Gasteiger partial charge in [0.2, 0.25) is 0 Å². The summed E-state index contributed by atoms with van der Waals surface area (Å²) in [5.74, 6) is 0.360. The predicted octanol–water partition coefficient (Wildman–Crippen LogP) is 3.27. The zero-order valence-electron chi connectivity index (χ0n) is 14.9. The van der Waals surface area contributed by atoms with Crippen molar-refractivity contribution in [3.05, 3.63) is 48.5 Å². The van der Waals surface area contributed by atoms with E-state index in [9.17, 15) is 4.79 Å². The molecular weight excluding hydrogens is 330 g/mol. The van der Waals surface area contributed by atoms with E-state index in [-0.39, 0.29) is 5.97 Å². The summed E-state index contributed by atoms with van der Waals surface area (Å²) < 4.78 is 16.0. The molecule has 0 amide bonds. The Kier molecular flexibility index (Phi) is 4.91. The van der Waals surface area contributed by atoms with Gasteiger partial charge >= 0.3 is 5.97 Å². The SMILES string of the molecule is CCC(=O)Oc1ccc(-c2ccc(N(CC3CO3)CC3CO3)cc2)cc1. The van der Waals surface area contributed by atoms with Crippen LogP contribution in [-0.2, 0) is 14.3 Å². The van der Waals surface area contributed by atoms with Gasteiger partial charge < -0.3 is 19.1 Å². The highest BCUT2D eigenvalue weighted by Crippen LogP contribution is 2.27. The first kappa shape index (κ1) is 17.1. The Hall–Kier alpha value is -2.37. The second kappa shape index (κ2) is 7.48. The Balaban J connectivity index is 1.44. The summed E-state index contributed by atoms with van der Waals surface area (Å²) in [6.07, 6.45) is 1.08. The monoisotopic (exact) mass is 353 g/mol. The summed E-state index contributed by atoms with van der Waals surface area (Å²) in [5.41, 5.74) is 3.41. The summed E-state index contributed by atoms with van der Waals surface area (Å²) >= 11 is 0. The number of epoxide rings is 2. The van der Waals surface area contributed by atoms with Gasteiger partial charge in [-0.2, -0.15) is 0 Å². The number of hydrogen-bond acceptors (Lipinski definition) is 5. The molecule has 2 unspecified atom stereocenters. The van der Waals surface area contributed by atoms with Crippen LogP contribution in [0.15, 0.2) is 48.5 Å². The van der Waals surface area contributed by atoms with Crippen LogP contribution in [0.25, 0.3) is 11.1 Å². The highest BCUT2D eigenvalue weighted by molar-refractivity contribution is 5.73. The first-order chi connectivity index (χ1) is 12.7. The standard InChI is InChI=1S/C21H23NO4/c1-2-21(23)26-18-9-5-16(6-10-18)15-3-7-17(8-4-15)22(11-19-13-24-19)12-20-14-25-20/h3-10,19-20H,2,11-14H2,1H3. The molecule has 0 aromatic heterocycles. The maximum absolute atomic E-state index is 11.4. The zero-order chi connectivity index (χ0) is 17.9. The number of ether oxygens (including phenoxy) is 3. The van der Waals surface area contributed by atoms with Crippen molar-refractivity contribution in [1.29, 1.82) is 0 Å². The molecule has 2 atom stereocenters. The van der Waals surface area contributed by atoms with Crippen molar-refractivity contribution >= 4 is 11.7 Å². The molecule has 5 nitrogen and oxygen atoms in total. The van der Waals surface area contributed by atoms with Gasteiger partial charge in [-0.15, -0.1) is 0 Å². The molecule has 4 rings (SSSR count). The van der Waals surface area contributed by atoms with Crippen molar-refractivity contribution in [3.63, 3.8) is 0 Å². The number of carbonyl (C=O) groups is 1. The Morgan fingerprint density at radius 1 is 0.962 bits per heavy atom. The Labute approximate surface area is 153 Å². The van der Waals surface area contributed by atoms with E-state index in [1.807, 2.05) is 24.3 Å². The number of anilines is 1. The molecule has 2 aliphatic rings. The number of benzene rings is 2. The van der Waals surface area contributed by atoms with E-state index in [2.05, 4.69) is 29.2 Å². The molecule has 2 aromatic carbocycles. The Morgan fingerprint density at radius 2 is 1.46 bits per heavy atom. The van der Waals surface area contributed by atoms with E-state index in [1.165, 1.54) is 5.69 Å². The molecule has 0 saturated carbocycles. The van der Waals surface area contributed by atoms with Gasteiger partial charge in [0.05, 0.1) is 25.4 Å². The third-order valence-corrected chi connectivity index (χ3v) is 4.59. The fourth-order valence-corrected chi connectivity index (χ4v) is 2.91. The lowest BCUT2D eigenvalue weighted by Gasteiger charge is -2.23. The van der Waals surface area contributed by atoms with Gasteiger partial charge in [-0.1, -0.05) is 31.2 Å². The summed E-state index contributed by atoms with van der Waals surface area (Å²) in [5, 5.41) is 0. The zero-order valence-corrected chi connectivity index (χ0v) is 14.9. The van der Waals surface area contributed by atoms with Crippen LogP contribution in [0, 0.1) is 0 Å². The third-order valence-electron chi connectivity index (χ3n) is 4.59. The summed E-state index contributed by atoms with van der Waals surface area (Å²) in [6.45, 7) is 5.32. The van der Waals surface area contributed by atoms with Crippen molar-refractivity contribution in [2.24, 2.45) is 0 Å². The van der Waals surface area contributed by atoms with E-state index in [0.29, 0.717) is 24.4 Å². The fourth-order valence-electron chi connectivity index (χ4n) is 2.91. The molecule has 2 heterocycles. The molecule has 2 fully saturated rings. The first-order valence-electron chi connectivity index (χ1n) is 9.10. The minimum Gasteiger partial charge on any atom is -0.427 e. The van der Waals surface area contributed by atoms with E-state index in [4.69, 9.17) is 14.2 Å². The average Bonchev–Trinajstić information content (AvgIpc) is 3.58. The number of hydrogen-bond donors (Lipinski definition) is 0. The molecule has 0 radical (unpaired) electrons. The van der Waals surface area contributed by atoms with E-state index < -0.39 is 0 Å².